The van der Waals surface area contributed by atoms with Crippen LogP contribution >= 0.6 is 0 Å². The van der Waals surface area contributed by atoms with Gasteiger partial charge in [-0.2, -0.15) is 0 Å². The highest BCUT2D eigenvalue weighted by atomic mass is 32.2. The van der Waals surface area contributed by atoms with Gasteiger partial charge in [0.1, 0.15) is 5.92 Å². The lowest BCUT2D eigenvalue weighted by Gasteiger charge is -2.38. The number of carbonyl (C=O) groups is 1. The Balaban J connectivity index is 1.94. The average molecular weight is 480 g/mol. The number of ether oxygens (including phenoxy) is 4. The van der Waals surface area contributed by atoms with Gasteiger partial charge >= 0.3 is 5.97 Å². The summed E-state index contributed by atoms with van der Waals surface area (Å²) in [5.74, 6) is -0.688. The predicted octanol–water partition coefficient (Wildman–Crippen LogP) is 3.17. The highest BCUT2D eigenvalue weighted by molar-refractivity contribution is 7.93. The summed E-state index contributed by atoms with van der Waals surface area (Å²) in [4.78, 5) is 18.0. The molecule has 0 amide bonds. The fourth-order valence-corrected chi connectivity index (χ4v) is 9.20. The molecule has 1 aromatic rings. The molecule has 6 atom stereocenters. The molecule has 2 fully saturated rings. The molecule has 1 saturated heterocycles. The van der Waals surface area contributed by atoms with E-state index in [0.717, 1.165) is 19.3 Å². The third-order valence-corrected chi connectivity index (χ3v) is 10.2. The van der Waals surface area contributed by atoms with Crippen molar-refractivity contribution < 1.29 is 32.2 Å². The number of benzene rings is 1. The number of methoxy groups -OCH3 is 3. The second kappa shape index (κ2) is 9.16. The average Bonchev–Trinajstić information content (AvgIpc) is 3.03. The molecule has 4 rings (SSSR count). The summed E-state index contributed by atoms with van der Waals surface area (Å²) in [6, 6.07) is 3.15. The standard InChI is InChI=1S/C24H33NO7S/c1-6-32-24(26)19-13(2)25-21-15-9-7-8-10-18(15)33(27,28)23(21)20(19)14-11-16(29-3)22(31-5)17(12-14)30-4/h11-12,15,18-21,23H,6-10H2,1-5H3. The number of sulfone groups is 1. The first-order valence-electron chi connectivity index (χ1n) is 11.5. The zero-order chi connectivity index (χ0) is 23.9. The van der Waals surface area contributed by atoms with Gasteiger partial charge in [0.05, 0.1) is 44.5 Å². The summed E-state index contributed by atoms with van der Waals surface area (Å²) in [6.07, 6.45) is 3.40. The summed E-state index contributed by atoms with van der Waals surface area (Å²) in [6.45, 7) is 3.76. The van der Waals surface area contributed by atoms with Crippen LogP contribution in [0, 0.1) is 11.8 Å². The van der Waals surface area contributed by atoms with Gasteiger partial charge < -0.3 is 18.9 Å². The van der Waals surface area contributed by atoms with Gasteiger partial charge in [0.15, 0.2) is 21.3 Å². The molecular formula is C24H33NO7S. The van der Waals surface area contributed by atoms with Gasteiger partial charge in [-0.15, -0.1) is 0 Å². The summed E-state index contributed by atoms with van der Waals surface area (Å²) >= 11 is 0. The summed E-state index contributed by atoms with van der Waals surface area (Å²) in [5.41, 5.74) is 1.27. The minimum absolute atomic E-state index is 0.0172. The second-order valence-corrected chi connectivity index (χ2v) is 11.3. The van der Waals surface area contributed by atoms with Crippen LogP contribution in [0.2, 0.25) is 0 Å². The lowest BCUT2D eigenvalue weighted by atomic mass is 9.72. The van der Waals surface area contributed by atoms with Crippen molar-refractivity contribution in [3.05, 3.63) is 17.7 Å². The van der Waals surface area contributed by atoms with E-state index >= 15 is 0 Å². The second-order valence-electron chi connectivity index (χ2n) is 9.02. The van der Waals surface area contributed by atoms with E-state index in [1.54, 1.807) is 19.1 Å². The highest BCUT2D eigenvalue weighted by Gasteiger charge is 2.62. The number of rotatable bonds is 6. The monoisotopic (exact) mass is 479 g/mol. The maximum Gasteiger partial charge on any atom is 0.315 e. The molecule has 8 nitrogen and oxygen atoms in total. The van der Waals surface area contributed by atoms with Crippen LogP contribution in [0.3, 0.4) is 0 Å². The summed E-state index contributed by atoms with van der Waals surface area (Å²) in [7, 11) is 1.01. The van der Waals surface area contributed by atoms with Crippen LogP contribution in [0.1, 0.15) is 51.0 Å². The molecule has 2 heterocycles. The van der Waals surface area contributed by atoms with Crippen molar-refractivity contribution >= 4 is 21.5 Å². The molecule has 3 aliphatic rings. The van der Waals surface area contributed by atoms with Gasteiger partial charge in [0.25, 0.3) is 0 Å². The molecule has 6 unspecified atom stereocenters. The van der Waals surface area contributed by atoms with Crippen molar-refractivity contribution in [2.24, 2.45) is 16.8 Å². The number of fused-ring (bicyclic) bond motifs is 3. The van der Waals surface area contributed by atoms with Gasteiger partial charge in [-0.3, -0.25) is 9.79 Å². The first kappa shape index (κ1) is 23.9. The Bertz CT molecular complexity index is 1030. The maximum atomic E-state index is 13.9. The first-order chi connectivity index (χ1) is 15.8. The third kappa shape index (κ3) is 3.78. The van der Waals surface area contributed by atoms with Crippen LogP contribution in [0.4, 0.5) is 0 Å². The smallest absolute Gasteiger partial charge is 0.315 e. The van der Waals surface area contributed by atoms with Crippen LogP contribution in [0.15, 0.2) is 17.1 Å². The number of hydrogen-bond donors (Lipinski definition) is 0. The van der Waals surface area contributed by atoms with Gasteiger partial charge in [-0.1, -0.05) is 12.8 Å². The van der Waals surface area contributed by atoms with Crippen LogP contribution in [-0.4, -0.2) is 64.6 Å². The maximum absolute atomic E-state index is 13.9. The lowest BCUT2D eigenvalue weighted by molar-refractivity contribution is -0.146. The molecule has 0 bridgehead atoms. The van der Waals surface area contributed by atoms with Crippen molar-refractivity contribution in [1.82, 2.24) is 0 Å². The van der Waals surface area contributed by atoms with Crippen molar-refractivity contribution in [1.29, 1.82) is 0 Å². The Morgan fingerprint density at radius 3 is 2.27 bits per heavy atom. The van der Waals surface area contributed by atoms with E-state index in [1.165, 1.54) is 21.3 Å². The molecule has 1 aromatic carbocycles. The number of esters is 1. The molecule has 33 heavy (non-hydrogen) atoms. The first-order valence-corrected chi connectivity index (χ1v) is 13.1. The minimum atomic E-state index is -3.53. The molecule has 9 heteroatoms. The fourth-order valence-electron chi connectivity index (χ4n) is 6.14. The third-order valence-electron chi connectivity index (χ3n) is 7.46. The van der Waals surface area contributed by atoms with Crippen molar-refractivity contribution in [3.8, 4) is 17.2 Å². The molecule has 1 aliphatic carbocycles. The highest BCUT2D eigenvalue weighted by Crippen LogP contribution is 2.53. The molecule has 182 valence electrons. The van der Waals surface area contributed by atoms with Crippen LogP contribution < -0.4 is 14.2 Å². The predicted molar refractivity (Wildman–Crippen MR) is 124 cm³/mol. The van der Waals surface area contributed by atoms with Crippen LogP contribution in [0.5, 0.6) is 17.2 Å². The molecule has 0 aromatic heterocycles. The van der Waals surface area contributed by atoms with Gasteiger partial charge in [-0.25, -0.2) is 8.42 Å². The number of nitrogens with zero attached hydrogens (tertiary/aromatic N) is 1. The van der Waals surface area contributed by atoms with E-state index in [-0.39, 0.29) is 18.6 Å². The summed E-state index contributed by atoms with van der Waals surface area (Å²) in [5, 5.41) is -1.21. The fraction of sp³-hybridized carbons (Fsp3) is 0.667. The Morgan fingerprint density at radius 1 is 1.06 bits per heavy atom. The SMILES string of the molecule is CCOC(=O)C1C(C)=NC2C3CCCCC3S(=O)(=O)C2C1c1cc(OC)c(OC)c(OC)c1. The van der Waals surface area contributed by atoms with Crippen LogP contribution in [-0.2, 0) is 19.4 Å². The van der Waals surface area contributed by atoms with E-state index < -0.39 is 38.1 Å². The number of aliphatic imine (C=N–C) groups is 1. The quantitative estimate of drug-likeness (QED) is 0.578. The number of carbonyl (C=O) groups excluding carboxylic acids is 1. The van der Waals surface area contributed by atoms with E-state index in [2.05, 4.69) is 0 Å². The molecule has 2 aliphatic heterocycles. The Kier molecular flexibility index (Phi) is 6.62. The zero-order valence-electron chi connectivity index (χ0n) is 19.9. The Labute approximate surface area is 195 Å². The normalized spacial score (nSPS) is 32.2. The number of hydrogen-bond acceptors (Lipinski definition) is 8. The van der Waals surface area contributed by atoms with Crippen molar-refractivity contribution in [2.75, 3.05) is 27.9 Å². The minimum Gasteiger partial charge on any atom is -0.493 e. The van der Waals surface area contributed by atoms with E-state index in [1.807, 2.05) is 6.92 Å². The lowest BCUT2D eigenvalue weighted by Crippen LogP contribution is -2.47. The van der Waals surface area contributed by atoms with Gasteiger partial charge in [-0.05, 0) is 50.3 Å². The topological polar surface area (TPSA) is 100 Å². The molecule has 0 spiro atoms. The van der Waals surface area contributed by atoms with E-state index in [9.17, 15) is 13.2 Å². The molecule has 1 saturated carbocycles. The molecular weight excluding hydrogens is 446 g/mol. The van der Waals surface area contributed by atoms with Crippen molar-refractivity contribution in [3.63, 3.8) is 0 Å². The van der Waals surface area contributed by atoms with Crippen molar-refractivity contribution in [2.45, 2.75) is 62.0 Å². The molecule has 0 N–H and O–H groups in total. The van der Waals surface area contributed by atoms with Crippen LogP contribution in [0.25, 0.3) is 0 Å². The summed E-state index contributed by atoms with van der Waals surface area (Å²) < 4.78 is 49.7. The molecule has 0 radical (unpaired) electrons. The Hall–Kier alpha value is -2.29. The zero-order valence-corrected chi connectivity index (χ0v) is 20.7. The largest absolute Gasteiger partial charge is 0.493 e. The van der Waals surface area contributed by atoms with Gasteiger partial charge in [0, 0.05) is 11.6 Å². The Morgan fingerprint density at radius 2 is 1.70 bits per heavy atom. The van der Waals surface area contributed by atoms with Gasteiger partial charge in [0.2, 0.25) is 5.75 Å². The van der Waals surface area contributed by atoms with E-state index in [0.29, 0.717) is 34.9 Å². The van der Waals surface area contributed by atoms with E-state index in [4.69, 9.17) is 23.9 Å².